The molecule has 2 rings (SSSR count). The van der Waals surface area contributed by atoms with Gasteiger partial charge in [-0.25, -0.2) is 0 Å². The van der Waals surface area contributed by atoms with Gasteiger partial charge in [-0.05, 0) is 30.7 Å². The molecule has 29 heavy (non-hydrogen) atoms. The number of nitrogens with zero attached hydrogens (tertiary/aromatic N) is 2. The van der Waals surface area contributed by atoms with Crippen LogP contribution in [0.5, 0.6) is 11.5 Å². The van der Waals surface area contributed by atoms with Gasteiger partial charge in [-0.3, -0.25) is 14.9 Å². The Morgan fingerprint density at radius 2 is 1.90 bits per heavy atom. The zero-order valence-corrected chi connectivity index (χ0v) is 16.1. The molecule has 0 aromatic heterocycles. The third-order valence-electron chi connectivity index (χ3n) is 4.09. The van der Waals surface area contributed by atoms with Crippen molar-refractivity contribution in [2.75, 3.05) is 19.5 Å². The first-order valence-corrected chi connectivity index (χ1v) is 8.54. The highest BCUT2D eigenvalue weighted by molar-refractivity contribution is 5.97. The maximum Gasteiger partial charge on any atom is 0.292 e. The minimum atomic E-state index is -0.624. The summed E-state index contributed by atoms with van der Waals surface area (Å²) in [6.07, 6.45) is 1.14. The van der Waals surface area contributed by atoms with Gasteiger partial charge < -0.3 is 20.1 Å². The number of anilines is 1. The molecular formula is C20H20N4O5. The lowest BCUT2D eigenvalue weighted by molar-refractivity contribution is -0.383. The number of hydrogen-bond donors (Lipinski definition) is 2. The third kappa shape index (κ3) is 5.23. The van der Waals surface area contributed by atoms with Crippen molar-refractivity contribution >= 4 is 17.3 Å². The van der Waals surface area contributed by atoms with Crippen LogP contribution in [0.4, 0.5) is 11.4 Å². The molecule has 1 atom stereocenters. The number of amides is 1. The second-order valence-corrected chi connectivity index (χ2v) is 5.90. The Kier molecular flexibility index (Phi) is 7.14. The Morgan fingerprint density at radius 1 is 1.21 bits per heavy atom. The van der Waals surface area contributed by atoms with Crippen LogP contribution in [0, 0.1) is 21.4 Å². The smallest absolute Gasteiger partial charge is 0.292 e. The number of ether oxygens (including phenoxy) is 2. The van der Waals surface area contributed by atoms with E-state index >= 15 is 0 Å². The topological polar surface area (TPSA) is 127 Å². The van der Waals surface area contributed by atoms with Gasteiger partial charge in [0.25, 0.3) is 11.6 Å². The summed E-state index contributed by atoms with van der Waals surface area (Å²) in [6.45, 7) is 1.75. The van der Waals surface area contributed by atoms with Crippen molar-refractivity contribution in [1.29, 1.82) is 5.26 Å². The van der Waals surface area contributed by atoms with Gasteiger partial charge >= 0.3 is 0 Å². The lowest BCUT2D eigenvalue weighted by Crippen LogP contribution is -2.28. The Hall–Kier alpha value is -4.06. The minimum Gasteiger partial charge on any atom is -0.493 e. The average Bonchev–Trinajstić information content (AvgIpc) is 2.73. The second-order valence-electron chi connectivity index (χ2n) is 5.90. The highest BCUT2D eigenvalue weighted by Crippen LogP contribution is 2.30. The summed E-state index contributed by atoms with van der Waals surface area (Å²) in [7, 11) is 3.03. The fourth-order valence-corrected chi connectivity index (χ4v) is 2.53. The summed E-state index contributed by atoms with van der Waals surface area (Å²) in [6, 6.07) is 12.5. The van der Waals surface area contributed by atoms with Gasteiger partial charge in [0.15, 0.2) is 11.5 Å². The van der Waals surface area contributed by atoms with Gasteiger partial charge in [0, 0.05) is 12.3 Å². The molecule has 0 aliphatic carbocycles. The number of nitriles is 1. The van der Waals surface area contributed by atoms with Crippen molar-refractivity contribution in [1.82, 2.24) is 5.32 Å². The van der Waals surface area contributed by atoms with Gasteiger partial charge in [0.05, 0.1) is 25.2 Å². The van der Waals surface area contributed by atoms with Crippen LogP contribution in [0.3, 0.4) is 0 Å². The van der Waals surface area contributed by atoms with E-state index in [1.54, 1.807) is 37.3 Å². The number of nitro groups is 1. The molecule has 0 saturated carbocycles. The van der Waals surface area contributed by atoms with Crippen molar-refractivity contribution in [2.45, 2.75) is 13.0 Å². The van der Waals surface area contributed by atoms with Crippen molar-refractivity contribution in [3.63, 3.8) is 0 Å². The first kappa shape index (κ1) is 21.2. The van der Waals surface area contributed by atoms with Gasteiger partial charge in [-0.1, -0.05) is 18.2 Å². The predicted molar refractivity (Wildman–Crippen MR) is 107 cm³/mol. The standard InChI is InChI=1S/C20H20N4O5/c1-13(14-8-9-18(28-2)19(10-14)29-3)23-20(25)15(11-21)12-22-16-6-4-5-7-17(16)24(26)27/h4-10,12-13,22H,1-3H3,(H,23,25)/b15-12-. The number of nitro benzene ring substituents is 1. The largest absolute Gasteiger partial charge is 0.493 e. The Labute approximate surface area is 167 Å². The number of carbonyl (C=O) groups excluding carboxylic acids is 1. The van der Waals surface area contributed by atoms with Crippen LogP contribution < -0.4 is 20.1 Å². The average molecular weight is 396 g/mol. The molecule has 1 unspecified atom stereocenters. The lowest BCUT2D eigenvalue weighted by atomic mass is 10.1. The summed E-state index contributed by atoms with van der Waals surface area (Å²) in [4.78, 5) is 22.9. The molecule has 9 heteroatoms. The summed E-state index contributed by atoms with van der Waals surface area (Å²) >= 11 is 0. The predicted octanol–water partition coefficient (Wildman–Crippen LogP) is 3.31. The van der Waals surface area contributed by atoms with E-state index in [4.69, 9.17) is 9.47 Å². The van der Waals surface area contributed by atoms with Crippen LogP contribution >= 0.6 is 0 Å². The SMILES string of the molecule is COc1ccc(C(C)NC(=O)/C(C#N)=C\Nc2ccccc2[N+](=O)[O-])cc1OC. The Balaban J connectivity index is 2.15. The fraction of sp³-hybridized carbons (Fsp3) is 0.200. The number of carbonyl (C=O) groups is 1. The van der Waals surface area contributed by atoms with Gasteiger partial charge in [0.1, 0.15) is 17.3 Å². The monoisotopic (exact) mass is 396 g/mol. The number of hydrogen-bond acceptors (Lipinski definition) is 7. The summed E-state index contributed by atoms with van der Waals surface area (Å²) in [5.74, 6) is 0.446. The molecule has 0 aliphatic heterocycles. The number of rotatable bonds is 8. The molecule has 2 aromatic rings. The molecule has 0 saturated heterocycles. The molecule has 2 N–H and O–H groups in total. The second kappa shape index (κ2) is 9.75. The quantitative estimate of drug-likeness (QED) is 0.303. The van der Waals surface area contributed by atoms with E-state index in [0.717, 1.165) is 11.8 Å². The molecule has 0 radical (unpaired) electrons. The normalized spacial score (nSPS) is 11.7. The summed E-state index contributed by atoms with van der Waals surface area (Å²) in [5.41, 5.74) is 0.529. The molecule has 0 spiro atoms. The fourth-order valence-electron chi connectivity index (χ4n) is 2.53. The number of nitrogens with one attached hydrogen (secondary N) is 2. The van der Waals surface area contributed by atoms with Crippen LogP contribution in [0.2, 0.25) is 0 Å². The van der Waals surface area contributed by atoms with E-state index in [0.29, 0.717) is 11.5 Å². The Bertz CT molecular complexity index is 981. The molecule has 0 aliphatic rings. The van der Waals surface area contributed by atoms with Crippen molar-refractivity contribution in [3.8, 4) is 17.6 Å². The molecule has 1 amide bonds. The van der Waals surface area contributed by atoms with Crippen LogP contribution in [0.15, 0.2) is 54.2 Å². The first-order valence-electron chi connectivity index (χ1n) is 8.54. The molecule has 0 bridgehead atoms. The van der Waals surface area contributed by atoms with Crippen LogP contribution in [0.25, 0.3) is 0 Å². The van der Waals surface area contributed by atoms with Crippen molar-refractivity contribution < 1.29 is 19.2 Å². The third-order valence-corrected chi connectivity index (χ3v) is 4.09. The molecule has 2 aromatic carbocycles. The maximum absolute atomic E-state index is 12.4. The highest BCUT2D eigenvalue weighted by atomic mass is 16.6. The van der Waals surface area contributed by atoms with Crippen molar-refractivity contribution in [3.05, 3.63) is 69.9 Å². The van der Waals surface area contributed by atoms with Gasteiger partial charge in [-0.2, -0.15) is 5.26 Å². The van der Waals surface area contributed by atoms with E-state index in [1.807, 2.05) is 0 Å². The zero-order valence-electron chi connectivity index (χ0n) is 16.1. The zero-order chi connectivity index (χ0) is 21.4. The molecule has 0 fully saturated rings. The van der Waals surface area contributed by atoms with E-state index in [-0.39, 0.29) is 16.9 Å². The summed E-state index contributed by atoms with van der Waals surface area (Å²) < 4.78 is 10.4. The van der Waals surface area contributed by atoms with Gasteiger partial charge in [-0.15, -0.1) is 0 Å². The van der Waals surface area contributed by atoms with Crippen LogP contribution in [0.1, 0.15) is 18.5 Å². The highest BCUT2D eigenvalue weighted by Gasteiger charge is 2.17. The van der Waals surface area contributed by atoms with Crippen LogP contribution in [-0.4, -0.2) is 25.1 Å². The van der Waals surface area contributed by atoms with Gasteiger partial charge in [0.2, 0.25) is 0 Å². The van der Waals surface area contributed by atoms with E-state index in [2.05, 4.69) is 10.6 Å². The molecule has 9 nitrogen and oxygen atoms in total. The Morgan fingerprint density at radius 3 is 2.52 bits per heavy atom. The van der Waals surface area contributed by atoms with Crippen LogP contribution in [-0.2, 0) is 4.79 Å². The lowest BCUT2D eigenvalue weighted by Gasteiger charge is -2.16. The summed E-state index contributed by atoms with van der Waals surface area (Å²) in [5, 5.41) is 25.7. The number of benzene rings is 2. The van der Waals surface area contributed by atoms with E-state index < -0.39 is 16.9 Å². The van der Waals surface area contributed by atoms with E-state index in [1.165, 1.54) is 32.4 Å². The number of para-hydroxylation sites is 2. The number of methoxy groups -OCH3 is 2. The molecule has 0 heterocycles. The molecule has 150 valence electrons. The first-order chi connectivity index (χ1) is 13.9. The van der Waals surface area contributed by atoms with E-state index in [9.17, 15) is 20.2 Å². The minimum absolute atomic E-state index is 0.167. The van der Waals surface area contributed by atoms with Crippen molar-refractivity contribution in [2.24, 2.45) is 0 Å². The molecular weight excluding hydrogens is 376 g/mol. The maximum atomic E-state index is 12.4.